The molecule has 5 nitrogen and oxygen atoms in total. The van der Waals surface area contributed by atoms with Crippen LogP contribution in [0.3, 0.4) is 0 Å². The molecule has 1 heterocycles. The van der Waals surface area contributed by atoms with Crippen molar-refractivity contribution < 1.29 is 9.57 Å². The van der Waals surface area contributed by atoms with E-state index in [2.05, 4.69) is 17.1 Å². The van der Waals surface area contributed by atoms with Crippen LogP contribution in [0.4, 0.5) is 0 Å². The Morgan fingerprint density at radius 3 is 2.45 bits per heavy atom. The predicted molar refractivity (Wildman–Crippen MR) is 79.0 cm³/mol. The third-order valence-electron chi connectivity index (χ3n) is 3.20. The number of hydroxylamine groups is 2. The Morgan fingerprint density at radius 1 is 1.20 bits per heavy atom. The van der Waals surface area contributed by atoms with Crippen molar-refractivity contribution in [2.75, 3.05) is 28.3 Å². The molecule has 0 fully saturated rings. The van der Waals surface area contributed by atoms with Gasteiger partial charge in [0.25, 0.3) is 0 Å². The van der Waals surface area contributed by atoms with Crippen molar-refractivity contribution in [3.63, 3.8) is 0 Å². The molecule has 1 atom stereocenters. The van der Waals surface area contributed by atoms with E-state index in [4.69, 9.17) is 9.57 Å². The molecular formula is C15H21N3O2. The Balaban J connectivity index is 2.27. The quantitative estimate of drug-likeness (QED) is 0.822. The number of hydrogen-bond acceptors (Lipinski definition) is 5. The van der Waals surface area contributed by atoms with Crippen LogP contribution in [-0.2, 0) is 16.0 Å². The first kappa shape index (κ1) is 14.6. The van der Waals surface area contributed by atoms with E-state index >= 15 is 0 Å². The summed E-state index contributed by atoms with van der Waals surface area (Å²) in [5, 5.41) is 1.78. The summed E-state index contributed by atoms with van der Waals surface area (Å²) < 4.78 is 5.39. The fourth-order valence-corrected chi connectivity index (χ4v) is 2.25. The van der Waals surface area contributed by atoms with Gasteiger partial charge in [0.15, 0.2) is 11.9 Å². The molecule has 1 unspecified atom stereocenters. The minimum Gasteiger partial charge on any atom is -0.496 e. The van der Waals surface area contributed by atoms with E-state index in [1.165, 1.54) is 5.56 Å². The van der Waals surface area contributed by atoms with Crippen molar-refractivity contribution >= 4 is 5.84 Å². The van der Waals surface area contributed by atoms with Crippen LogP contribution < -0.4 is 0 Å². The third kappa shape index (κ3) is 3.00. The summed E-state index contributed by atoms with van der Waals surface area (Å²) in [7, 11) is 7.26. The molecular weight excluding hydrogens is 254 g/mol. The van der Waals surface area contributed by atoms with Gasteiger partial charge in [0.1, 0.15) is 5.84 Å². The zero-order valence-electron chi connectivity index (χ0n) is 12.4. The number of hydrogen-bond donors (Lipinski definition) is 0. The molecule has 108 valence electrons. The van der Waals surface area contributed by atoms with Crippen molar-refractivity contribution in [2.24, 2.45) is 4.99 Å². The monoisotopic (exact) mass is 275 g/mol. The van der Waals surface area contributed by atoms with Gasteiger partial charge < -0.3 is 4.74 Å². The lowest BCUT2D eigenvalue weighted by Gasteiger charge is -2.38. The molecule has 1 aliphatic rings. The molecule has 1 aliphatic heterocycles. The highest BCUT2D eigenvalue weighted by atomic mass is 16.7. The van der Waals surface area contributed by atoms with Gasteiger partial charge in [-0.1, -0.05) is 30.3 Å². The van der Waals surface area contributed by atoms with E-state index < -0.39 is 0 Å². The molecule has 20 heavy (non-hydrogen) atoms. The highest BCUT2D eigenvalue weighted by Crippen LogP contribution is 2.21. The van der Waals surface area contributed by atoms with E-state index in [0.717, 1.165) is 11.6 Å². The lowest BCUT2D eigenvalue weighted by atomic mass is 10.1. The van der Waals surface area contributed by atoms with E-state index in [1.54, 1.807) is 25.5 Å². The number of nitrogens with zero attached hydrogens (tertiary/aromatic N) is 3. The second-order valence-electron chi connectivity index (χ2n) is 4.79. The van der Waals surface area contributed by atoms with Crippen LogP contribution in [0.5, 0.6) is 0 Å². The summed E-state index contributed by atoms with van der Waals surface area (Å²) in [4.78, 5) is 12.0. The molecule has 0 radical (unpaired) electrons. The third-order valence-corrected chi connectivity index (χ3v) is 3.20. The largest absolute Gasteiger partial charge is 0.496 e. The Hall–Kier alpha value is -1.85. The maximum Gasteiger partial charge on any atom is 0.169 e. The van der Waals surface area contributed by atoms with Crippen LogP contribution in [0, 0.1) is 0 Å². The minimum atomic E-state index is -0.110. The fourth-order valence-electron chi connectivity index (χ4n) is 2.25. The minimum absolute atomic E-state index is 0.110. The molecule has 0 aromatic heterocycles. The summed E-state index contributed by atoms with van der Waals surface area (Å²) in [6, 6.07) is 10.2. The first-order valence-electron chi connectivity index (χ1n) is 6.51. The maximum absolute atomic E-state index is 5.52. The summed E-state index contributed by atoms with van der Waals surface area (Å²) >= 11 is 0. The Bertz CT molecular complexity index is 497. The lowest BCUT2D eigenvalue weighted by molar-refractivity contribution is -0.135. The van der Waals surface area contributed by atoms with Gasteiger partial charge in [0.2, 0.25) is 0 Å². The van der Waals surface area contributed by atoms with E-state index in [0.29, 0.717) is 6.42 Å². The molecule has 0 spiro atoms. The zero-order valence-corrected chi connectivity index (χ0v) is 12.4. The molecule has 2 rings (SSSR count). The SMILES string of the molecule is COC1=CN=C(Cc2ccccc2)N(OC)C1N(C)C. The van der Waals surface area contributed by atoms with E-state index in [9.17, 15) is 0 Å². The number of benzene rings is 1. The summed E-state index contributed by atoms with van der Waals surface area (Å²) in [6.07, 6.45) is 2.37. The molecule has 0 aliphatic carbocycles. The molecule has 1 aromatic rings. The van der Waals surface area contributed by atoms with Crippen LogP contribution >= 0.6 is 0 Å². The molecule has 0 bridgehead atoms. The fraction of sp³-hybridized carbons (Fsp3) is 0.400. The topological polar surface area (TPSA) is 37.3 Å². The van der Waals surface area contributed by atoms with E-state index in [-0.39, 0.29) is 6.17 Å². The molecule has 5 heteroatoms. The normalized spacial score (nSPS) is 18.9. The first-order chi connectivity index (χ1) is 9.67. The average Bonchev–Trinajstić information content (AvgIpc) is 2.47. The highest BCUT2D eigenvalue weighted by Gasteiger charge is 2.31. The van der Waals surface area contributed by atoms with Gasteiger partial charge >= 0.3 is 0 Å². The molecule has 0 saturated carbocycles. The highest BCUT2D eigenvalue weighted by molar-refractivity contribution is 5.85. The van der Waals surface area contributed by atoms with Crippen molar-refractivity contribution in [2.45, 2.75) is 12.6 Å². The Labute approximate surface area is 120 Å². The van der Waals surface area contributed by atoms with Gasteiger partial charge in [-0.05, 0) is 19.7 Å². The van der Waals surface area contributed by atoms with Gasteiger partial charge in [-0.3, -0.25) is 9.74 Å². The van der Waals surface area contributed by atoms with Crippen LogP contribution in [0.25, 0.3) is 0 Å². The van der Waals surface area contributed by atoms with Crippen molar-refractivity contribution in [1.82, 2.24) is 9.96 Å². The Morgan fingerprint density at radius 2 is 1.90 bits per heavy atom. The molecule has 0 amide bonds. The predicted octanol–water partition coefficient (Wildman–Crippen LogP) is 1.88. The van der Waals surface area contributed by atoms with Crippen molar-refractivity contribution in [3.05, 3.63) is 47.9 Å². The number of amidine groups is 1. The summed E-state index contributed by atoms with van der Waals surface area (Å²) in [5.41, 5.74) is 1.19. The second kappa shape index (κ2) is 6.54. The van der Waals surface area contributed by atoms with Gasteiger partial charge in [0, 0.05) is 6.42 Å². The Kier molecular flexibility index (Phi) is 4.76. The first-order valence-corrected chi connectivity index (χ1v) is 6.51. The number of ether oxygens (including phenoxy) is 1. The maximum atomic E-state index is 5.52. The average molecular weight is 275 g/mol. The van der Waals surface area contributed by atoms with Gasteiger partial charge in [-0.2, -0.15) is 0 Å². The molecule has 0 N–H and O–H groups in total. The van der Waals surface area contributed by atoms with Crippen LogP contribution in [0.15, 0.2) is 47.3 Å². The van der Waals surface area contributed by atoms with Gasteiger partial charge in [-0.15, -0.1) is 0 Å². The van der Waals surface area contributed by atoms with Gasteiger partial charge in [0.05, 0.1) is 20.4 Å². The standard InChI is InChI=1S/C15H21N3O2/c1-17(2)15-13(19-3)11-16-14(18(15)20-4)10-12-8-6-5-7-9-12/h5-9,11,15H,10H2,1-4H3. The number of likely N-dealkylation sites (N-methyl/N-ethyl adjacent to an activating group) is 1. The number of methoxy groups -OCH3 is 1. The smallest absolute Gasteiger partial charge is 0.169 e. The van der Waals surface area contributed by atoms with Crippen molar-refractivity contribution in [3.8, 4) is 0 Å². The van der Waals surface area contributed by atoms with Crippen molar-refractivity contribution in [1.29, 1.82) is 0 Å². The summed E-state index contributed by atoms with van der Waals surface area (Å²) in [5.74, 6) is 1.62. The van der Waals surface area contributed by atoms with Gasteiger partial charge in [-0.25, -0.2) is 10.1 Å². The second-order valence-corrected chi connectivity index (χ2v) is 4.79. The zero-order chi connectivity index (χ0) is 14.5. The lowest BCUT2D eigenvalue weighted by Crippen LogP contribution is -2.51. The molecule has 1 aromatic carbocycles. The molecule has 0 saturated heterocycles. The summed E-state index contributed by atoms with van der Waals surface area (Å²) in [6.45, 7) is 0. The number of rotatable bonds is 5. The van der Waals surface area contributed by atoms with Crippen LogP contribution in [-0.4, -0.2) is 50.3 Å². The van der Waals surface area contributed by atoms with Crippen LogP contribution in [0.1, 0.15) is 5.56 Å². The number of aliphatic imine (C=N–C) groups is 1. The van der Waals surface area contributed by atoms with Crippen LogP contribution in [0.2, 0.25) is 0 Å². The van der Waals surface area contributed by atoms with E-state index in [1.807, 2.05) is 37.2 Å².